The zero-order chi connectivity index (χ0) is 18.3. The summed E-state index contributed by atoms with van der Waals surface area (Å²) in [6.45, 7) is 0. The van der Waals surface area contributed by atoms with Crippen LogP contribution in [0.3, 0.4) is 0 Å². The van der Waals surface area contributed by atoms with Gasteiger partial charge in [0.1, 0.15) is 11.5 Å². The lowest BCUT2D eigenvalue weighted by Gasteiger charge is -2.45. The third-order valence-corrected chi connectivity index (χ3v) is 7.04. The number of phenolic OH excluding ortho intramolecular Hbond substituents is 2. The third-order valence-electron chi connectivity index (χ3n) is 7.04. The van der Waals surface area contributed by atoms with E-state index in [4.69, 9.17) is 0 Å². The minimum absolute atomic E-state index is 0.215. The molecule has 0 radical (unpaired) electrons. The predicted octanol–water partition coefficient (Wildman–Crippen LogP) is 4.64. The van der Waals surface area contributed by atoms with Crippen LogP contribution in [0.5, 0.6) is 11.5 Å². The van der Waals surface area contributed by atoms with Gasteiger partial charge in [0.2, 0.25) is 0 Å². The molecular formula is C23H30NO2+. The minimum Gasteiger partial charge on any atom is -0.508 e. The minimum atomic E-state index is 0.215. The van der Waals surface area contributed by atoms with Crippen molar-refractivity contribution in [1.82, 2.24) is 0 Å². The van der Waals surface area contributed by atoms with Gasteiger partial charge in [-0.3, -0.25) is 0 Å². The van der Waals surface area contributed by atoms with Gasteiger partial charge in [-0.1, -0.05) is 24.3 Å². The van der Waals surface area contributed by atoms with Crippen LogP contribution in [0.15, 0.2) is 48.5 Å². The fourth-order valence-electron chi connectivity index (χ4n) is 5.47. The van der Waals surface area contributed by atoms with Crippen LogP contribution in [0, 0.1) is 5.92 Å². The maximum atomic E-state index is 9.98. The van der Waals surface area contributed by atoms with Crippen LogP contribution in [0.4, 0.5) is 0 Å². The Bertz CT molecular complexity index is 724. The topological polar surface area (TPSA) is 40.5 Å². The Kier molecular flexibility index (Phi) is 4.44. The molecule has 2 aliphatic heterocycles. The van der Waals surface area contributed by atoms with Crippen molar-refractivity contribution in [3.63, 3.8) is 0 Å². The summed E-state index contributed by atoms with van der Waals surface area (Å²) in [6, 6.07) is 16.8. The number of phenols is 2. The summed E-state index contributed by atoms with van der Waals surface area (Å²) in [4.78, 5) is 0. The van der Waals surface area contributed by atoms with Crippen molar-refractivity contribution < 1.29 is 14.7 Å². The van der Waals surface area contributed by atoms with E-state index >= 15 is 0 Å². The molecule has 0 aliphatic carbocycles. The predicted molar refractivity (Wildman–Crippen MR) is 104 cm³/mol. The van der Waals surface area contributed by atoms with Gasteiger partial charge in [0, 0.05) is 31.6 Å². The van der Waals surface area contributed by atoms with Gasteiger partial charge in [-0.25, -0.2) is 0 Å². The van der Waals surface area contributed by atoms with E-state index in [1.54, 1.807) is 12.1 Å². The van der Waals surface area contributed by atoms with Crippen LogP contribution < -0.4 is 0 Å². The van der Waals surface area contributed by atoms with E-state index < -0.39 is 0 Å². The molecule has 2 aliphatic rings. The molecule has 2 aromatic carbocycles. The normalized spacial score (nSPS) is 27.0. The molecule has 2 heterocycles. The SMILES string of the molecule is C[N+]1(C)[C@H]2CC[C@H]1CC(CC(c1cccc(O)c1)c1cccc(O)c1)C2. The summed E-state index contributed by atoms with van der Waals surface area (Å²) in [5.41, 5.74) is 2.28. The molecule has 138 valence electrons. The highest BCUT2D eigenvalue weighted by atomic mass is 16.3. The average Bonchev–Trinajstić information content (AvgIpc) is 2.77. The summed E-state index contributed by atoms with van der Waals surface area (Å²) in [5, 5.41) is 20.0. The maximum absolute atomic E-state index is 9.98. The smallest absolute Gasteiger partial charge is 0.115 e. The molecule has 0 amide bonds. The van der Waals surface area contributed by atoms with E-state index in [0.29, 0.717) is 17.4 Å². The number of fused-ring (bicyclic) bond motifs is 2. The van der Waals surface area contributed by atoms with Gasteiger partial charge >= 0.3 is 0 Å². The van der Waals surface area contributed by atoms with Gasteiger partial charge in [-0.2, -0.15) is 0 Å². The lowest BCUT2D eigenvalue weighted by molar-refractivity contribution is -0.931. The summed E-state index contributed by atoms with van der Waals surface area (Å²) in [5.74, 6) is 1.55. The van der Waals surface area contributed by atoms with E-state index in [1.165, 1.54) is 30.2 Å². The molecule has 0 saturated carbocycles. The first-order valence-corrected chi connectivity index (χ1v) is 9.84. The van der Waals surface area contributed by atoms with Crippen LogP contribution in [0.25, 0.3) is 0 Å². The molecule has 2 fully saturated rings. The molecule has 3 nitrogen and oxygen atoms in total. The van der Waals surface area contributed by atoms with Gasteiger partial charge in [-0.05, 0) is 47.7 Å². The second-order valence-corrected chi connectivity index (χ2v) is 8.83. The zero-order valence-electron chi connectivity index (χ0n) is 15.8. The molecule has 2 saturated heterocycles. The van der Waals surface area contributed by atoms with E-state index in [2.05, 4.69) is 26.2 Å². The summed E-state index contributed by atoms with van der Waals surface area (Å²) >= 11 is 0. The molecule has 2 bridgehead atoms. The van der Waals surface area contributed by atoms with Crippen LogP contribution in [0.1, 0.15) is 49.1 Å². The number of piperidine rings is 1. The zero-order valence-corrected chi connectivity index (χ0v) is 15.8. The van der Waals surface area contributed by atoms with E-state index in [9.17, 15) is 10.2 Å². The fourth-order valence-corrected chi connectivity index (χ4v) is 5.47. The Morgan fingerprint density at radius 1 is 0.885 bits per heavy atom. The largest absolute Gasteiger partial charge is 0.508 e. The Balaban J connectivity index is 1.62. The highest BCUT2D eigenvalue weighted by molar-refractivity contribution is 5.39. The monoisotopic (exact) mass is 352 g/mol. The summed E-state index contributed by atoms with van der Waals surface area (Å²) in [7, 11) is 4.81. The van der Waals surface area contributed by atoms with Crippen LogP contribution in [-0.2, 0) is 0 Å². The quantitative estimate of drug-likeness (QED) is 0.787. The Morgan fingerprint density at radius 2 is 1.38 bits per heavy atom. The lowest BCUT2D eigenvalue weighted by atomic mass is 9.78. The number of rotatable bonds is 4. The molecule has 4 rings (SSSR count). The number of quaternary nitrogens is 1. The molecule has 26 heavy (non-hydrogen) atoms. The van der Waals surface area contributed by atoms with Crippen LogP contribution in [-0.4, -0.2) is 40.9 Å². The molecule has 2 atom stereocenters. The molecular weight excluding hydrogens is 322 g/mol. The van der Waals surface area contributed by atoms with Crippen molar-refractivity contribution in [1.29, 1.82) is 0 Å². The number of hydrogen-bond donors (Lipinski definition) is 2. The van der Waals surface area contributed by atoms with Gasteiger partial charge in [0.05, 0.1) is 26.2 Å². The average molecular weight is 352 g/mol. The fraction of sp³-hybridized carbons (Fsp3) is 0.478. The molecule has 3 heteroatoms. The molecule has 0 spiro atoms. The highest BCUT2D eigenvalue weighted by Gasteiger charge is 2.49. The van der Waals surface area contributed by atoms with Crippen LogP contribution in [0.2, 0.25) is 0 Å². The second-order valence-electron chi connectivity index (χ2n) is 8.83. The van der Waals surface area contributed by atoms with Gasteiger partial charge in [-0.15, -0.1) is 0 Å². The van der Waals surface area contributed by atoms with Crippen molar-refractivity contribution in [2.24, 2.45) is 5.92 Å². The first-order valence-electron chi connectivity index (χ1n) is 9.84. The number of hydrogen-bond acceptors (Lipinski definition) is 2. The third kappa shape index (κ3) is 3.21. The Hall–Kier alpha value is -2.00. The van der Waals surface area contributed by atoms with Crippen molar-refractivity contribution in [2.45, 2.75) is 50.1 Å². The van der Waals surface area contributed by atoms with Gasteiger partial charge in [0.15, 0.2) is 0 Å². The molecule has 2 N–H and O–H groups in total. The van der Waals surface area contributed by atoms with E-state index in [-0.39, 0.29) is 5.92 Å². The summed E-state index contributed by atoms with van der Waals surface area (Å²) in [6.07, 6.45) is 6.38. The van der Waals surface area contributed by atoms with Crippen molar-refractivity contribution >= 4 is 0 Å². The molecule has 0 aromatic heterocycles. The molecule has 0 unspecified atom stereocenters. The van der Waals surface area contributed by atoms with Gasteiger partial charge < -0.3 is 14.7 Å². The lowest BCUT2D eigenvalue weighted by Crippen LogP contribution is -2.54. The highest BCUT2D eigenvalue weighted by Crippen LogP contribution is 2.46. The maximum Gasteiger partial charge on any atom is 0.115 e. The van der Waals surface area contributed by atoms with Crippen LogP contribution >= 0.6 is 0 Å². The van der Waals surface area contributed by atoms with Crippen molar-refractivity contribution in [3.8, 4) is 11.5 Å². The Labute approximate surface area is 156 Å². The summed E-state index contributed by atoms with van der Waals surface area (Å²) < 4.78 is 1.19. The van der Waals surface area contributed by atoms with E-state index in [0.717, 1.165) is 29.6 Å². The number of benzene rings is 2. The van der Waals surface area contributed by atoms with E-state index in [1.807, 2.05) is 24.3 Å². The Morgan fingerprint density at radius 3 is 1.85 bits per heavy atom. The first kappa shape index (κ1) is 17.4. The number of nitrogens with zero attached hydrogens (tertiary/aromatic N) is 1. The molecule has 2 aromatic rings. The van der Waals surface area contributed by atoms with Crippen molar-refractivity contribution in [2.75, 3.05) is 14.1 Å². The number of aromatic hydroxyl groups is 2. The van der Waals surface area contributed by atoms with Gasteiger partial charge in [0.25, 0.3) is 0 Å². The second kappa shape index (κ2) is 6.62. The van der Waals surface area contributed by atoms with Crippen molar-refractivity contribution in [3.05, 3.63) is 59.7 Å². The standard InChI is InChI=1S/C23H29NO2/c1-24(2)19-9-10-20(24)12-16(11-19)13-23(17-5-3-7-21(25)14-17)18-6-4-8-22(26)15-18/h3-8,14-16,19-20,23H,9-13H2,1-2H3,(H-,25,26)/p+1/t19-,20-/m0/s1. The first-order chi connectivity index (χ1) is 12.4.